The Morgan fingerprint density at radius 1 is 1.07 bits per heavy atom. The summed E-state index contributed by atoms with van der Waals surface area (Å²) >= 11 is 0.852. The Balaban J connectivity index is 2.01. The van der Waals surface area contributed by atoms with Crippen molar-refractivity contribution in [2.45, 2.75) is 6.18 Å². The van der Waals surface area contributed by atoms with Crippen LogP contribution < -0.4 is 15.4 Å². The van der Waals surface area contributed by atoms with Crippen molar-refractivity contribution in [1.29, 1.82) is 0 Å². The van der Waals surface area contributed by atoms with Crippen molar-refractivity contribution in [3.63, 3.8) is 0 Å². The average molecular weight is 446 g/mol. The molecule has 2 aliphatic rings. The number of morpholine rings is 2. The second-order valence-corrected chi connectivity index (χ2v) is 7.73. The fourth-order valence-electron chi connectivity index (χ4n) is 3.55. The molecule has 30 heavy (non-hydrogen) atoms. The van der Waals surface area contributed by atoms with Crippen LogP contribution in [0.25, 0.3) is 10.1 Å². The van der Waals surface area contributed by atoms with Gasteiger partial charge in [-0.05, 0) is 6.07 Å². The van der Waals surface area contributed by atoms with Crippen molar-refractivity contribution in [2.75, 3.05) is 62.4 Å². The molecular weight excluding hydrogens is 429 g/mol. The van der Waals surface area contributed by atoms with E-state index in [9.17, 15) is 28.1 Å². The molecule has 2 saturated heterocycles. The molecule has 4 rings (SSSR count). The van der Waals surface area contributed by atoms with E-state index >= 15 is 0 Å². The molecule has 0 unspecified atom stereocenters. The number of nitro benzene ring substituents is 1. The van der Waals surface area contributed by atoms with Crippen LogP contribution in [0.15, 0.2) is 10.9 Å². The van der Waals surface area contributed by atoms with Gasteiger partial charge in [-0.2, -0.15) is 18.2 Å². The lowest BCUT2D eigenvalue weighted by molar-refractivity contribution is -0.382. The summed E-state index contributed by atoms with van der Waals surface area (Å²) in [6, 6.07) is 0.683. The normalized spacial score (nSPS) is 18.1. The van der Waals surface area contributed by atoms with Crippen LogP contribution in [0.4, 0.5) is 29.7 Å². The second kappa shape index (κ2) is 7.96. The Morgan fingerprint density at radius 2 is 1.63 bits per heavy atom. The van der Waals surface area contributed by atoms with Gasteiger partial charge in [-0.1, -0.05) is 11.3 Å². The Kier molecular flexibility index (Phi) is 5.51. The second-order valence-electron chi connectivity index (χ2n) is 6.75. The zero-order chi connectivity index (χ0) is 21.5. The Morgan fingerprint density at radius 3 is 2.17 bits per heavy atom. The first-order valence-electron chi connectivity index (χ1n) is 9.16. The third kappa shape index (κ3) is 3.79. The first kappa shape index (κ1) is 20.8. The fraction of sp³-hybridized carbons (Fsp3) is 0.529. The Hall–Kier alpha value is -2.51. The minimum Gasteiger partial charge on any atom is -0.378 e. The summed E-state index contributed by atoms with van der Waals surface area (Å²) in [5, 5.41) is 11.8. The Bertz CT molecular complexity index is 1030. The first-order valence-corrected chi connectivity index (χ1v) is 9.98. The van der Waals surface area contributed by atoms with Gasteiger partial charge in [0.25, 0.3) is 5.56 Å². The topological polar surface area (TPSA) is 98.0 Å². The molecule has 0 N–H and O–H groups in total. The third-order valence-electron chi connectivity index (χ3n) is 4.95. The van der Waals surface area contributed by atoms with Crippen LogP contribution in [-0.4, -0.2) is 62.5 Å². The molecule has 2 fully saturated rings. The summed E-state index contributed by atoms with van der Waals surface area (Å²) in [6.45, 7) is 2.11. The lowest BCUT2D eigenvalue weighted by Gasteiger charge is -2.31. The molecule has 0 atom stereocenters. The van der Waals surface area contributed by atoms with Crippen molar-refractivity contribution in [2.24, 2.45) is 0 Å². The van der Waals surface area contributed by atoms with E-state index in [1.54, 1.807) is 4.90 Å². The van der Waals surface area contributed by atoms with Gasteiger partial charge >= 0.3 is 11.9 Å². The minimum absolute atomic E-state index is 0.0751. The molecule has 0 radical (unpaired) electrons. The van der Waals surface area contributed by atoms with Gasteiger partial charge in [-0.15, -0.1) is 0 Å². The number of halogens is 3. The van der Waals surface area contributed by atoms with Gasteiger partial charge in [0.2, 0.25) is 0 Å². The highest BCUT2D eigenvalue weighted by atomic mass is 32.1. The van der Waals surface area contributed by atoms with Crippen LogP contribution in [0, 0.1) is 10.1 Å². The van der Waals surface area contributed by atoms with Crippen LogP contribution in [-0.2, 0) is 15.7 Å². The largest absolute Gasteiger partial charge is 0.418 e. The number of benzene rings is 1. The molecular formula is C17H17F3N4O5S. The van der Waals surface area contributed by atoms with Crippen molar-refractivity contribution in [1.82, 2.24) is 4.98 Å². The number of anilines is 2. The van der Waals surface area contributed by atoms with Crippen molar-refractivity contribution >= 4 is 37.9 Å². The molecule has 2 aromatic rings. The highest BCUT2D eigenvalue weighted by Gasteiger charge is 2.41. The molecule has 3 heterocycles. The van der Waals surface area contributed by atoms with Crippen molar-refractivity contribution in [3.05, 3.63) is 32.1 Å². The maximum Gasteiger partial charge on any atom is 0.418 e. The molecule has 0 saturated carbocycles. The highest BCUT2D eigenvalue weighted by Crippen LogP contribution is 2.47. The molecule has 1 aromatic heterocycles. The van der Waals surface area contributed by atoms with Crippen LogP contribution >= 0.6 is 11.3 Å². The van der Waals surface area contributed by atoms with Crippen LogP contribution in [0.2, 0.25) is 0 Å². The number of nitrogens with zero attached hydrogens (tertiary/aromatic N) is 4. The van der Waals surface area contributed by atoms with Crippen LogP contribution in [0.5, 0.6) is 0 Å². The van der Waals surface area contributed by atoms with Crippen LogP contribution in [0.3, 0.4) is 0 Å². The van der Waals surface area contributed by atoms with Gasteiger partial charge in [-0.3, -0.25) is 14.9 Å². The lowest BCUT2D eigenvalue weighted by Crippen LogP contribution is -2.38. The quantitative estimate of drug-likeness (QED) is 0.523. The summed E-state index contributed by atoms with van der Waals surface area (Å²) < 4.78 is 51.9. The van der Waals surface area contributed by atoms with Crippen molar-refractivity contribution in [3.8, 4) is 0 Å². The number of aromatic nitrogens is 1. The molecule has 162 valence electrons. The number of ether oxygens (including phenoxy) is 2. The third-order valence-corrected chi connectivity index (χ3v) is 6.10. The van der Waals surface area contributed by atoms with Gasteiger partial charge in [0.1, 0.15) is 10.4 Å². The number of hydrogen-bond donors (Lipinski definition) is 0. The monoisotopic (exact) mass is 446 g/mol. The standard InChI is InChI=1S/C17H17F3N4O5S/c18-17(19,20)11-9-10-14(13(24(26)27)12(11)22-1-5-28-6-2-22)30-16(21-15(10)25)23-3-7-29-8-4-23/h9H,1-8H2. The molecule has 13 heteroatoms. The highest BCUT2D eigenvalue weighted by molar-refractivity contribution is 7.22. The molecule has 0 spiro atoms. The first-order chi connectivity index (χ1) is 14.3. The molecule has 0 aliphatic carbocycles. The number of rotatable bonds is 3. The van der Waals surface area contributed by atoms with E-state index in [2.05, 4.69) is 4.98 Å². The van der Waals surface area contributed by atoms with Crippen molar-refractivity contribution < 1.29 is 27.6 Å². The maximum absolute atomic E-state index is 13.9. The summed E-state index contributed by atoms with van der Waals surface area (Å²) in [5.41, 5.74) is -3.39. The Labute approximate surface area is 171 Å². The molecule has 0 bridgehead atoms. The molecule has 2 aliphatic heterocycles. The van der Waals surface area contributed by atoms with E-state index in [0.29, 0.717) is 32.4 Å². The zero-order valence-corrected chi connectivity index (χ0v) is 16.4. The van der Waals surface area contributed by atoms with E-state index in [-0.39, 0.29) is 36.1 Å². The van der Waals surface area contributed by atoms with E-state index in [4.69, 9.17) is 9.47 Å². The molecule has 0 amide bonds. The summed E-state index contributed by atoms with van der Waals surface area (Å²) in [6.07, 6.45) is -4.88. The average Bonchev–Trinajstić information content (AvgIpc) is 2.72. The SMILES string of the molecule is O=c1nc(N2CCOCC2)sc2c([N+](=O)[O-])c(N3CCOCC3)c(C(F)(F)F)cc12. The summed E-state index contributed by atoms with van der Waals surface area (Å²) in [5.74, 6) is 0. The number of hydrogen-bond acceptors (Lipinski definition) is 9. The van der Waals surface area contributed by atoms with Gasteiger partial charge in [0, 0.05) is 26.2 Å². The van der Waals surface area contributed by atoms with Gasteiger partial charge in [0.05, 0.1) is 42.3 Å². The maximum atomic E-state index is 13.9. The number of alkyl halides is 3. The van der Waals surface area contributed by atoms with E-state index in [1.165, 1.54) is 4.90 Å². The van der Waals surface area contributed by atoms with E-state index in [0.717, 1.165) is 11.3 Å². The summed E-state index contributed by atoms with van der Waals surface area (Å²) in [4.78, 5) is 30.7. The lowest BCUT2D eigenvalue weighted by atomic mass is 10.1. The molecule has 9 nitrogen and oxygen atoms in total. The van der Waals surface area contributed by atoms with E-state index < -0.39 is 39.0 Å². The predicted octanol–water partition coefficient (Wildman–Crippen LogP) is 2.26. The van der Waals surface area contributed by atoms with Gasteiger partial charge < -0.3 is 19.3 Å². The minimum atomic E-state index is -4.88. The number of fused-ring (bicyclic) bond motifs is 1. The van der Waals surface area contributed by atoms with Gasteiger partial charge in [-0.25, -0.2) is 0 Å². The van der Waals surface area contributed by atoms with Gasteiger partial charge in [0.15, 0.2) is 5.13 Å². The fourth-order valence-corrected chi connectivity index (χ4v) is 4.69. The zero-order valence-electron chi connectivity index (χ0n) is 15.6. The van der Waals surface area contributed by atoms with E-state index in [1.807, 2.05) is 0 Å². The van der Waals surface area contributed by atoms with Crippen LogP contribution in [0.1, 0.15) is 5.56 Å². The smallest absolute Gasteiger partial charge is 0.378 e. The molecule has 1 aromatic carbocycles. The summed E-state index contributed by atoms with van der Waals surface area (Å²) in [7, 11) is 0. The number of nitro groups is 1. The predicted molar refractivity (Wildman–Crippen MR) is 104 cm³/mol.